The first-order valence-corrected chi connectivity index (χ1v) is 8.67. The van der Waals surface area contributed by atoms with Gasteiger partial charge < -0.3 is 15.4 Å². The fourth-order valence-electron chi connectivity index (χ4n) is 2.47. The molecule has 1 heterocycles. The van der Waals surface area contributed by atoms with Crippen LogP contribution < -0.4 is 10.6 Å². The molecule has 0 aromatic heterocycles. The Morgan fingerprint density at radius 3 is 2.62 bits per heavy atom. The standard InChI is InChI=1S/C17H22N2O4S/c1-17(2)14(16(22)23-3)19-15(21)12(10-24-17)18-13(20)9-11-7-5-4-6-8-11/h4-8,12,14H,9-10H2,1-3H3,(H,18,20)(H,19,21). The van der Waals surface area contributed by atoms with Gasteiger partial charge in [-0.1, -0.05) is 30.3 Å². The Bertz CT molecular complexity index is 618. The van der Waals surface area contributed by atoms with Gasteiger partial charge in [-0.2, -0.15) is 11.8 Å². The van der Waals surface area contributed by atoms with Crippen molar-refractivity contribution in [3.8, 4) is 0 Å². The number of hydrogen-bond donors (Lipinski definition) is 2. The maximum Gasteiger partial charge on any atom is 0.329 e. The Labute approximate surface area is 145 Å². The molecule has 130 valence electrons. The molecule has 0 aliphatic carbocycles. The van der Waals surface area contributed by atoms with E-state index in [1.807, 2.05) is 44.2 Å². The zero-order valence-corrected chi connectivity index (χ0v) is 14.8. The molecule has 2 unspecified atom stereocenters. The molecular weight excluding hydrogens is 328 g/mol. The number of carbonyl (C=O) groups excluding carboxylic acids is 3. The summed E-state index contributed by atoms with van der Waals surface area (Å²) >= 11 is 1.45. The molecule has 6 nitrogen and oxygen atoms in total. The molecule has 0 spiro atoms. The van der Waals surface area contributed by atoms with Gasteiger partial charge in [0.25, 0.3) is 0 Å². The summed E-state index contributed by atoms with van der Waals surface area (Å²) in [7, 11) is 1.29. The van der Waals surface area contributed by atoms with Gasteiger partial charge in [0.2, 0.25) is 11.8 Å². The van der Waals surface area contributed by atoms with Crippen molar-refractivity contribution in [1.29, 1.82) is 0 Å². The average molecular weight is 350 g/mol. The van der Waals surface area contributed by atoms with Crippen LogP contribution in [0.15, 0.2) is 30.3 Å². The first kappa shape index (κ1) is 18.3. The van der Waals surface area contributed by atoms with Crippen molar-refractivity contribution in [3.05, 3.63) is 35.9 Å². The Hall–Kier alpha value is -2.02. The average Bonchev–Trinajstić information content (AvgIpc) is 2.66. The highest BCUT2D eigenvalue weighted by molar-refractivity contribution is 8.00. The van der Waals surface area contributed by atoms with E-state index < -0.39 is 22.8 Å². The molecule has 2 amide bonds. The van der Waals surface area contributed by atoms with Gasteiger partial charge >= 0.3 is 5.97 Å². The molecule has 0 saturated carbocycles. The van der Waals surface area contributed by atoms with Gasteiger partial charge in [0.1, 0.15) is 12.1 Å². The number of ether oxygens (including phenoxy) is 1. The van der Waals surface area contributed by atoms with E-state index in [2.05, 4.69) is 10.6 Å². The van der Waals surface area contributed by atoms with Crippen molar-refractivity contribution in [1.82, 2.24) is 10.6 Å². The monoisotopic (exact) mass is 350 g/mol. The van der Waals surface area contributed by atoms with Gasteiger partial charge in [-0.05, 0) is 19.4 Å². The highest BCUT2D eigenvalue weighted by Crippen LogP contribution is 2.31. The number of esters is 1. The van der Waals surface area contributed by atoms with Crippen molar-refractivity contribution in [3.63, 3.8) is 0 Å². The summed E-state index contributed by atoms with van der Waals surface area (Å²) < 4.78 is 4.24. The van der Waals surface area contributed by atoms with E-state index in [9.17, 15) is 14.4 Å². The van der Waals surface area contributed by atoms with E-state index >= 15 is 0 Å². The molecule has 1 aromatic carbocycles. The second kappa shape index (κ2) is 7.70. The summed E-state index contributed by atoms with van der Waals surface area (Å²) in [4.78, 5) is 36.5. The van der Waals surface area contributed by atoms with Gasteiger partial charge in [-0.15, -0.1) is 0 Å². The number of benzene rings is 1. The van der Waals surface area contributed by atoms with Crippen LogP contribution in [0.1, 0.15) is 19.4 Å². The number of rotatable bonds is 4. The van der Waals surface area contributed by atoms with Crippen LogP contribution in [0.4, 0.5) is 0 Å². The third-order valence-electron chi connectivity index (χ3n) is 3.90. The number of amides is 2. The summed E-state index contributed by atoms with van der Waals surface area (Å²) in [5, 5.41) is 5.44. The topological polar surface area (TPSA) is 84.5 Å². The van der Waals surface area contributed by atoms with Crippen LogP contribution in [0.3, 0.4) is 0 Å². The summed E-state index contributed by atoms with van der Waals surface area (Å²) in [5.41, 5.74) is 0.879. The Morgan fingerprint density at radius 2 is 2.00 bits per heavy atom. The van der Waals surface area contributed by atoms with E-state index in [1.165, 1.54) is 18.9 Å². The maximum absolute atomic E-state index is 12.4. The van der Waals surface area contributed by atoms with Gasteiger partial charge in [-0.25, -0.2) is 4.79 Å². The lowest BCUT2D eigenvalue weighted by molar-refractivity contribution is -0.145. The highest BCUT2D eigenvalue weighted by Gasteiger charge is 2.42. The highest BCUT2D eigenvalue weighted by atomic mass is 32.2. The predicted molar refractivity (Wildman–Crippen MR) is 92.6 cm³/mol. The quantitative estimate of drug-likeness (QED) is 0.788. The lowest BCUT2D eigenvalue weighted by Crippen LogP contribution is -2.55. The summed E-state index contributed by atoms with van der Waals surface area (Å²) in [6.45, 7) is 3.74. The molecule has 2 atom stereocenters. The van der Waals surface area contributed by atoms with Gasteiger partial charge in [-0.3, -0.25) is 9.59 Å². The third kappa shape index (κ3) is 4.50. The number of nitrogens with one attached hydrogen (secondary N) is 2. The fourth-order valence-corrected chi connectivity index (χ4v) is 3.62. The molecule has 0 bridgehead atoms. The summed E-state index contributed by atoms with van der Waals surface area (Å²) in [6.07, 6.45) is 0.207. The van der Waals surface area contributed by atoms with Crippen LogP contribution in [0.2, 0.25) is 0 Å². The van der Waals surface area contributed by atoms with E-state index in [0.29, 0.717) is 5.75 Å². The van der Waals surface area contributed by atoms with Crippen molar-refractivity contribution < 1.29 is 19.1 Å². The smallest absolute Gasteiger partial charge is 0.329 e. The molecule has 1 fully saturated rings. The van der Waals surface area contributed by atoms with Crippen molar-refractivity contribution in [2.75, 3.05) is 12.9 Å². The van der Waals surface area contributed by atoms with Crippen LogP contribution in [-0.4, -0.2) is 47.5 Å². The van der Waals surface area contributed by atoms with Gasteiger partial charge in [0.05, 0.1) is 13.5 Å². The van der Waals surface area contributed by atoms with Crippen LogP contribution in [0.5, 0.6) is 0 Å². The molecule has 24 heavy (non-hydrogen) atoms. The molecular formula is C17H22N2O4S. The maximum atomic E-state index is 12.4. The molecule has 1 aromatic rings. The Morgan fingerprint density at radius 1 is 1.33 bits per heavy atom. The number of hydrogen-bond acceptors (Lipinski definition) is 5. The summed E-state index contributed by atoms with van der Waals surface area (Å²) in [6, 6.07) is 7.89. The van der Waals surface area contributed by atoms with Gasteiger partial charge in [0.15, 0.2) is 0 Å². The molecule has 1 saturated heterocycles. The first-order chi connectivity index (χ1) is 11.3. The Kier molecular flexibility index (Phi) is 5.88. The summed E-state index contributed by atoms with van der Waals surface area (Å²) in [5.74, 6) is -0.689. The van der Waals surface area contributed by atoms with Crippen molar-refractivity contribution in [2.45, 2.75) is 37.1 Å². The minimum absolute atomic E-state index is 0.207. The minimum atomic E-state index is -0.754. The van der Waals surface area contributed by atoms with Crippen LogP contribution in [-0.2, 0) is 25.5 Å². The fraction of sp³-hybridized carbons (Fsp3) is 0.471. The van der Waals surface area contributed by atoms with Crippen LogP contribution in [0, 0.1) is 0 Å². The van der Waals surface area contributed by atoms with Crippen molar-refractivity contribution in [2.24, 2.45) is 0 Å². The second-order valence-electron chi connectivity index (χ2n) is 6.16. The zero-order chi connectivity index (χ0) is 17.7. The van der Waals surface area contributed by atoms with Crippen LogP contribution in [0.25, 0.3) is 0 Å². The van der Waals surface area contributed by atoms with E-state index in [0.717, 1.165) is 5.56 Å². The zero-order valence-electron chi connectivity index (χ0n) is 14.0. The minimum Gasteiger partial charge on any atom is -0.467 e. The number of carbonyl (C=O) groups is 3. The molecule has 7 heteroatoms. The number of methoxy groups -OCH3 is 1. The van der Waals surface area contributed by atoms with Crippen molar-refractivity contribution >= 4 is 29.5 Å². The normalized spacial score (nSPS) is 22.9. The molecule has 0 radical (unpaired) electrons. The Balaban J connectivity index is 2.03. The lowest BCUT2D eigenvalue weighted by Gasteiger charge is -2.29. The molecule has 2 N–H and O–H groups in total. The first-order valence-electron chi connectivity index (χ1n) is 7.69. The van der Waals surface area contributed by atoms with Crippen LogP contribution >= 0.6 is 11.8 Å². The third-order valence-corrected chi connectivity index (χ3v) is 5.38. The molecule has 1 aliphatic rings. The SMILES string of the molecule is COC(=O)C1NC(=O)C(NC(=O)Cc2ccccc2)CSC1(C)C. The number of thioether (sulfide) groups is 1. The largest absolute Gasteiger partial charge is 0.467 e. The van der Waals surface area contributed by atoms with E-state index in [-0.39, 0.29) is 18.2 Å². The van der Waals surface area contributed by atoms with Gasteiger partial charge in [0, 0.05) is 10.5 Å². The van der Waals surface area contributed by atoms with E-state index in [4.69, 9.17) is 4.74 Å². The second-order valence-corrected chi connectivity index (χ2v) is 7.84. The molecule has 2 rings (SSSR count). The van der Waals surface area contributed by atoms with E-state index in [1.54, 1.807) is 0 Å². The predicted octanol–water partition coefficient (Wildman–Crippen LogP) is 0.897. The molecule has 1 aliphatic heterocycles. The lowest BCUT2D eigenvalue weighted by atomic mass is 10.0.